The van der Waals surface area contributed by atoms with Gasteiger partial charge in [-0.1, -0.05) is 17.7 Å². The number of nitrogens with one attached hydrogen (secondary N) is 1. The van der Waals surface area contributed by atoms with Crippen molar-refractivity contribution < 1.29 is 12.8 Å². The van der Waals surface area contributed by atoms with Crippen LogP contribution >= 0.6 is 11.6 Å². The number of hydrogen-bond donors (Lipinski definition) is 2. The summed E-state index contributed by atoms with van der Waals surface area (Å²) in [5, 5.41) is 8.12. The first-order chi connectivity index (χ1) is 7.88. The Morgan fingerprint density at radius 3 is 2.71 bits per heavy atom. The molecule has 1 rings (SSSR count). The molecule has 0 unspecified atom stereocenters. The van der Waals surface area contributed by atoms with Gasteiger partial charge in [-0.3, -0.25) is 0 Å². The lowest BCUT2D eigenvalue weighted by molar-refractivity contribution is 0.578. The van der Waals surface area contributed by atoms with Gasteiger partial charge in [0.05, 0.1) is 5.75 Å². The highest BCUT2D eigenvalue weighted by atomic mass is 35.5. The molecule has 0 aliphatic rings. The van der Waals surface area contributed by atoms with Crippen LogP contribution in [0, 0.1) is 5.82 Å². The predicted octanol–water partition coefficient (Wildman–Crippen LogP) is 1.25. The number of rotatable bonds is 6. The van der Waals surface area contributed by atoms with Gasteiger partial charge < -0.3 is 5.32 Å². The van der Waals surface area contributed by atoms with E-state index in [4.69, 9.17) is 16.7 Å². The average molecular weight is 281 g/mol. The summed E-state index contributed by atoms with van der Waals surface area (Å²) in [6.07, 6.45) is 0.397. The number of sulfonamides is 1. The molecule has 96 valence electrons. The lowest BCUT2D eigenvalue weighted by Crippen LogP contribution is -2.22. The molecule has 0 fully saturated rings. The zero-order valence-electron chi connectivity index (χ0n) is 9.12. The van der Waals surface area contributed by atoms with E-state index in [9.17, 15) is 12.8 Å². The zero-order valence-corrected chi connectivity index (χ0v) is 10.7. The van der Waals surface area contributed by atoms with E-state index in [0.717, 1.165) is 0 Å². The van der Waals surface area contributed by atoms with E-state index < -0.39 is 10.0 Å². The summed E-state index contributed by atoms with van der Waals surface area (Å²) < 4.78 is 34.6. The van der Waals surface area contributed by atoms with E-state index in [2.05, 4.69) is 5.32 Å². The Hall–Kier alpha value is -0.690. The fourth-order valence-electron chi connectivity index (χ4n) is 1.29. The summed E-state index contributed by atoms with van der Waals surface area (Å²) in [7, 11) is -3.41. The minimum absolute atomic E-state index is 0.0803. The number of nitrogens with two attached hydrogens (primary N) is 1. The first-order valence-electron chi connectivity index (χ1n) is 5.03. The number of halogens is 2. The Morgan fingerprint density at radius 2 is 2.12 bits per heavy atom. The maximum absolute atomic E-state index is 13.3. The standard InChI is InChI=1S/C10H14ClFN2O2S/c11-9-3-2-8(10(12)6-9)7-14-4-1-5-17(13,15)16/h2-3,6,14H,1,4-5,7H2,(H2,13,15,16). The number of primary sulfonamides is 1. The van der Waals surface area contributed by atoms with E-state index in [1.165, 1.54) is 6.07 Å². The van der Waals surface area contributed by atoms with E-state index in [1.807, 2.05) is 0 Å². The van der Waals surface area contributed by atoms with Gasteiger partial charge in [0, 0.05) is 17.1 Å². The van der Waals surface area contributed by atoms with Gasteiger partial charge in [-0.15, -0.1) is 0 Å². The van der Waals surface area contributed by atoms with E-state index in [1.54, 1.807) is 12.1 Å². The van der Waals surface area contributed by atoms with Crippen molar-refractivity contribution in [3.8, 4) is 0 Å². The second-order valence-corrected chi connectivity index (χ2v) is 5.80. The van der Waals surface area contributed by atoms with Crippen LogP contribution in [0.25, 0.3) is 0 Å². The summed E-state index contributed by atoms with van der Waals surface area (Å²) in [6.45, 7) is 0.784. The van der Waals surface area contributed by atoms with E-state index >= 15 is 0 Å². The minimum atomic E-state index is -3.41. The Labute approximate surface area is 105 Å². The van der Waals surface area contributed by atoms with Crippen LogP contribution in [0.15, 0.2) is 18.2 Å². The molecule has 0 aliphatic carbocycles. The van der Waals surface area contributed by atoms with E-state index in [0.29, 0.717) is 30.1 Å². The maximum Gasteiger partial charge on any atom is 0.209 e. The molecule has 7 heteroatoms. The first kappa shape index (κ1) is 14.4. The molecule has 0 aromatic heterocycles. The molecule has 0 heterocycles. The summed E-state index contributed by atoms with van der Waals surface area (Å²) in [4.78, 5) is 0. The largest absolute Gasteiger partial charge is 0.313 e. The van der Waals surface area contributed by atoms with Gasteiger partial charge in [-0.25, -0.2) is 17.9 Å². The number of benzene rings is 1. The Kier molecular flexibility index (Phi) is 5.32. The van der Waals surface area contributed by atoms with Crippen molar-refractivity contribution >= 4 is 21.6 Å². The van der Waals surface area contributed by atoms with Crippen molar-refractivity contribution in [2.45, 2.75) is 13.0 Å². The van der Waals surface area contributed by atoms with Crippen LogP contribution in [0.3, 0.4) is 0 Å². The maximum atomic E-state index is 13.3. The highest BCUT2D eigenvalue weighted by Crippen LogP contribution is 2.14. The molecule has 0 bridgehead atoms. The van der Waals surface area contributed by atoms with Gasteiger partial charge >= 0.3 is 0 Å². The summed E-state index contributed by atoms with van der Waals surface area (Å²) in [5.41, 5.74) is 0.491. The molecular formula is C10H14ClFN2O2S. The molecule has 0 atom stereocenters. The van der Waals surface area contributed by atoms with Gasteiger partial charge in [-0.05, 0) is 25.1 Å². The Morgan fingerprint density at radius 1 is 1.41 bits per heavy atom. The van der Waals surface area contributed by atoms with Crippen molar-refractivity contribution in [3.63, 3.8) is 0 Å². The minimum Gasteiger partial charge on any atom is -0.313 e. The van der Waals surface area contributed by atoms with Gasteiger partial charge in [0.1, 0.15) is 5.82 Å². The molecule has 1 aromatic rings. The van der Waals surface area contributed by atoms with Crippen LogP contribution in [0.2, 0.25) is 5.02 Å². The molecule has 0 aliphatic heterocycles. The smallest absolute Gasteiger partial charge is 0.209 e. The predicted molar refractivity (Wildman–Crippen MR) is 65.7 cm³/mol. The molecule has 0 amide bonds. The van der Waals surface area contributed by atoms with Gasteiger partial charge in [0.15, 0.2) is 0 Å². The quantitative estimate of drug-likeness (QED) is 0.770. The van der Waals surface area contributed by atoms with Crippen molar-refractivity contribution in [3.05, 3.63) is 34.6 Å². The lowest BCUT2D eigenvalue weighted by atomic mass is 10.2. The molecular weight excluding hydrogens is 267 g/mol. The normalized spacial score (nSPS) is 11.7. The SMILES string of the molecule is NS(=O)(=O)CCCNCc1ccc(Cl)cc1F. The molecule has 1 aromatic carbocycles. The molecule has 0 saturated heterocycles. The third-order valence-corrected chi connectivity index (χ3v) is 3.21. The molecule has 0 radical (unpaired) electrons. The topological polar surface area (TPSA) is 72.2 Å². The van der Waals surface area contributed by atoms with E-state index in [-0.39, 0.29) is 11.6 Å². The Bertz CT molecular complexity index is 479. The second kappa shape index (κ2) is 6.30. The summed E-state index contributed by atoms with van der Waals surface area (Å²) in [6, 6.07) is 4.43. The van der Waals surface area contributed by atoms with Crippen LogP contribution in [-0.2, 0) is 16.6 Å². The summed E-state index contributed by atoms with van der Waals surface area (Å²) >= 11 is 5.61. The second-order valence-electron chi connectivity index (χ2n) is 3.63. The first-order valence-corrected chi connectivity index (χ1v) is 7.13. The molecule has 4 nitrogen and oxygen atoms in total. The Balaban J connectivity index is 2.32. The lowest BCUT2D eigenvalue weighted by Gasteiger charge is -2.05. The fraction of sp³-hybridized carbons (Fsp3) is 0.400. The molecule has 17 heavy (non-hydrogen) atoms. The monoisotopic (exact) mass is 280 g/mol. The molecule has 0 spiro atoms. The van der Waals surface area contributed by atoms with Crippen LogP contribution in [0.4, 0.5) is 4.39 Å². The van der Waals surface area contributed by atoms with Crippen molar-refractivity contribution in [2.75, 3.05) is 12.3 Å². The molecule has 0 saturated carbocycles. The zero-order chi connectivity index (χ0) is 12.9. The third-order valence-electron chi connectivity index (χ3n) is 2.11. The van der Waals surface area contributed by atoms with Gasteiger partial charge in [0.2, 0.25) is 10.0 Å². The number of hydrogen-bond acceptors (Lipinski definition) is 3. The third kappa shape index (κ3) is 5.97. The average Bonchev–Trinajstić information content (AvgIpc) is 2.18. The highest BCUT2D eigenvalue weighted by Gasteiger charge is 2.04. The fourth-order valence-corrected chi connectivity index (χ4v) is 1.99. The van der Waals surface area contributed by atoms with Crippen LogP contribution in [-0.4, -0.2) is 20.7 Å². The highest BCUT2D eigenvalue weighted by molar-refractivity contribution is 7.89. The van der Waals surface area contributed by atoms with Gasteiger partial charge in [-0.2, -0.15) is 0 Å². The molecule has 3 N–H and O–H groups in total. The van der Waals surface area contributed by atoms with Gasteiger partial charge in [0.25, 0.3) is 0 Å². The van der Waals surface area contributed by atoms with Crippen LogP contribution in [0.1, 0.15) is 12.0 Å². The summed E-state index contributed by atoms with van der Waals surface area (Å²) in [5.74, 6) is -0.459. The van der Waals surface area contributed by atoms with Crippen molar-refractivity contribution in [2.24, 2.45) is 5.14 Å². The van der Waals surface area contributed by atoms with Crippen molar-refractivity contribution in [1.29, 1.82) is 0 Å². The van der Waals surface area contributed by atoms with Crippen molar-refractivity contribution in [1.82, 2.24) is 5.32 Å². The van der Waals surface area contributed by atoms with Crippen LogP contribution in [0.5, 0.6) is 0 Å². The van der Waals surface area contributed by atoms with Crippen LogP contribution < -0.4 is 10.5 Å².